The van der Waals surface area contributed by atoms with Gasteiger partial charge in [0.25, 0.3) is 0 Å². The van der Waals surface area contributed by atoms with Gasteiger partial charge in [-0.2, -0.15) is 0 Å². The van der Waals surface area contributed by atoms with Crippen molar-refractivity contribution in [2.24, 2.45) is 0 Å². The summed E-state index contributed by atoms with van der Waals surface area (Å²) in [4.78, 5) is 10.9. The predicted octanol–water partition coefficient (Wildman–Crippen LogP) is 1.92. The van der Waals surface area contributed by atoms with Crippen LogP contribution in [0.2, 0.25) is 0 Å². The largest absolute Gasteiger partial charge is 0.458 e. The first kappa shape index (κ1) is 9.30. The molecule has 0 unspecified atom stereocenters. The number of carbonyl (C=O) groups excluding carboxylic acids is 1. The second-order valence-electron chi connectivity index (χ2n) is 2.38. The Morgan fingerprint density at radius 1 is 1.69 bits per heavy atom. The van der Waals surface area contributed by atoms with Gasteiger partial charge in [0.2, 0.25) is 0 Å². The van der Waals surface area contributed by atoms with Gasteiger partial charge in [-0.15, -0.1) is 5.73 Å². The third-order valence-electron chi connectivity index (χ3n) is 1.36. The second kappa shape index (κ2) is 4.96. The quantitative estimate of drug-likeness (QED) is 0.282. The van der Waals surface area contributed by atoms with Gasteiger partial charge in [0, 0.05) is 11.6 Å². The van der Waals surface area contributed by atoms with Crippen LogP contribution in [0.25, 0.3) is 0 Å². The van der Waals surface area contributed by atoms with Crippen LogP contribution in [0.5, 0.6) is 0 Å². The van der Waals surface area contributed by atoms with Gasteiger partial charge < -0.3 is 4.74 Å². The lowest BCUT2D eigenvalue weighted by atomic mass is 10.3. The maximum atomic E-state index is 10.9. The van der Waals surface area contributed by atoms with Gasteiger partial charge >= 0.3 is 5.97 Å². The first-order chi connectivity index (χ1) is 6.33. The molecule has 0 amide bonds. The van der Waals surface area contributed by atoms with E-state index in [2.05, 4.69) is 12.3 Å². The molecule has 0 saturated heterocycles. The molecule has 0 aliphatic heterocycles. The smallest absolute Gasteiger partial charge is 0.331 e. The summed E-state index contributed by atoms with van der Waals surface area (Å²) in [6, 6.07) is 0. The van der Waals surface area contributed by atoms with Gasteiger partial charge in [-0.1, -0.05) is 18.7 Å². The molecule has 0 fully saturated rings. The summed E-state index contributed by atoms with van der Waals surface area (Å²) in [5.74, 6) is -0.366. The summed E-state index contributed by atoms with van der Waals surface area (Å²) in [6.07, 6.45) is 10.1. The molecule has 2 nitrogen and oxygen atoms in total. The fraction of sp³-hybridized carbons (Fsp3) is 0.0909. The standard InChI is InChI=1S/C11H10O2/c1-2-9-13-11(12)8-7-10-5-3-4-6-10/h2-5,7-8H,1,9H2/b8-7+. The minimum Gasteiger partial charge on any atom is -0.458 e. The maximum absolute atomic E-state index is 10.9. The van der Waals surface area contributed by atoms with E-state index in [9.17, 15) is 4.79 Å². The predicted molar refractivity (Wildman–Crippen MR) is 51.0 cm³/mol. The zero-order valence-electron chi connectivity index (χ0n) is 7.19. The number of hydrogen-bond donors (Lipinski definition) is 0. The van der Waals surface area contributed by atoms with E-state index in [1.54, 1.807) is 12.2 Å². The van der Waals surface area contributed by atoms with Gasteiger partial charge in [0.15, 0.2) is 0 Å². The van der Waals surface area contributed by atoms with Crippen molar-refractivity contribution in [2.75, 3.05) is 6.61 Å². The van der Waals surface area contributed by atoms with Crippen LogP contribution in [-0.4, -0.2) is 12.6 Å². The van der Waals surface area contributed by atoms with Crippen molar-refractivity contribution in [1.29, 1.82) is 0 Å². The summed E-state index contributed by atoms with van der Waals surface area (Å²) in [6.45, 7) is 3.68. The van der Waals surface area contributed by atoms with Crippen LogP contribution in [0.15, 0.2) is 54.3 Å². The van der Waals surface area contributed by atoms with Crippen LogP contribution in [0, 0.1) is 0 Å². The Balaban J connectivity index is 2.39. The molecule has 0 N–H and O–H groups in total. The average molecular weight is 174 g/mol. The molecule has 66 valence electrons. The highest BCUT2D eigenvalue weighted by molar-refractivity contribution is 5.82. The summed E-state index contributed by atoms with van der Waals surface area (Å²) in [7, 11) is 0. The fourth-order valence-corrected chi connectivity index (χ4v) is 0.795. The molecule has 1 rings (SSSR count). The number of carbonyl (C=O) groups is 1. The molecular formula is C11H10O2. The summed E-state index contributed by atoms with van der Waals surface area (Å²) < 4.78 is 4.73. The molecule has 0 radical (unpaired) electrons. The second-order valence-corrected chi connectivity index (χ2v) is 2.38. The van der Waals surface area contributed by atoms with Crippen LogP contribution in [0.4, 0.5) is 0 Å². The highest BCUT2D eigenvalue weighted by Gasteiger charge is 1.94. The lowest BCUT2D eigenvalue weighted by Crippen LogP contribution is -1.99. The van der Waals surface area contributed by atoms with Crippen molar-refractivity contribution in [3.8, 4) is 0 Å². The van der Waals surface area contributed by atoms with E-state index in [-0.39, 0.29) is 12.6 Å². The van der Waals surface area contributed by atoms with Crippen molar-refractivity contribution < 1.29 is 9.53 Å². The normalized spacial score (nSPS) is 13.4. The molecule has 0 aromatic carbocycles. The lowest BCUT2D eigenvalue weighted by Gasteiger charge is -1.94. The third kappa shape index (κ3) is 3.41. The van der Waals surface area contributed by atoms with Crippen LogP contribution in [0.1, 0.15) is 0 Å². The van der Waals surface area contributed by atoms with Gasteiger partial charge in [-0.3, -0.25) is 0 Å². The van der Waals surface area contributed by atoms with Crippen molar-refractivity contribution in [3.05, 3.63) is 54.3 Å². The lowest BCUT2D eigenvalue weighted by molar-refractivity contribution is -0.136. The number of hydrogen-bond acceptors (Lipinski definition) is 2. The van der Waals surface area contributed by atoms with Crippen LogP contribution < -0.4 is 0 Å². The average Bonchev–Trinajstić information content (AvgIpc) is 2.64. The molecule has 0 atom stereocenters. The zero-order valence-corrected chi connectivity index (χ0v) is 7.19. The summed E-state index contributed by atoms with van der Waals surface area (Å²) in [5, 5.41) is 0. The summed E-state index contributed by atoms with van der Waals surface area (Å²) >= 11 is 0. The first-order valence-corrected chi connectivity index (χ1v) is 3.92. The van der Waals surface area contributed by atoms with E-state index >= 15 is 0 Å². The van der Waals surface area contributed by atoms with Crippen LogP contribution >= 0.6 is 0 Å². The van der Waals surface area contributed by atoms with Crippen molar-refractivity contribution >= 4 is 5.97 Å². The monoisotopic (exact) mass is 174 g/mol. The summed E-state index contributed by atoms with van der Waals surface area (Å²) in [5.41, 5.74) is 3.80. The first-order valence-electron chi connectivity index (χ1n) is 3.92. The van der Waals surface area contributed by atoms with Gasteiger partial charge in [0.05, 0.1) is 0 Å². The van der Waals surface area contributed by atoms with E-state index in [1.165, 1.54) is 12.2 Å². The molecule has 1 aliphatic rings. The van der Waals surface area contributed by atoms with E-state index < -0.39 is 0 Å². The maximum Gasteiger partial charge on any atom is 0.331 e. The Labute approximate surface area is 77.2 Å². The van der Waals surface area contributed by atoms with Crippen molar-refractivity contribution in [1.82, 2.24) is 0 Å². The molecule has 13 heavy (non-hydrogen) atoms. The van der Waals surface area contributed by atoms with Gasteiger partial charge in [-0.25, -0.2) is 4.79 Å². The van der Waals surface area contributed by atoms with Gasteiger partial charge in [0.1, 0.15) is 6.61 Å². The SMILES string of the molecule is C=CCOC(=O)/C=C/C1=C=CC=C1. The Bertz CT molecular complexity index is 326. The molecule has 1 aliphatic carbocycles. The molecular weight excluding hydrogens is 164 g/mol. The molecule has 2 heteroatoms. The molecule has 0 spiro atoms. The molecule has 0 saturated carbocycles. The highest BCUT2D eigenvalue weighted by atomic mass is 16.5. The van der Waals surface area contributed by atoms with E-state index in [1.807, 2.05) is 12.2 Å². The molecule has 0 aromatic rings. The number of esters is 1. The molecule has 0 heterocycles. The Morgan fingerprint density at radius 2 is 2.54 bits per heavy atom. The molecule has 0 bridgehead atoms. The third-order valence-corrected chi connectivity index (χ3v) is 1.36. The van der Waals surface area contributed by atoms with E-state index in [0.717, 1.165) is 5.57 Å². The number of rotatable bonds is 4. The van der Waals surface area contributed by atoms with E-state index in [0.29, 0.717) is 0 Å². The van der Waals surface area contributed by atoms with Gasteiger partial charge in [-0.05, 0) is 18.2 Å². The van der Waals surface area contributed by atoms with Crippen LogP contribution in [-0.2, 0) is 9.53 Å². The van der Waals surface area contributed by atoms with Crippen molar-refractivity contribution in [3.63, 3.8) is 0 Å². The van der Waals surface area contributed by atoms with E-state index in [4.69, 9.17) is 4.74 Å². The topological polar surface area (TPSA) is 26.3 Å². The number of ether oxygens (including phenoxy) is 1. The van der Waals surface area contributed by atoms with Crippen molar-refractivity contribution in [2.45, 2.75) is 0 Å². The molecule has 0 aromatic heterocycles. The minimum atomic E-state index is -0.366. The Kier molecular flexibility index (Phi) is 3.55. The Morgan fingerprint density at radius 3 is 3.15 bits per heavy atom. The Hall–Kier alpha value is -1.79. The van der Waals surface area contributed by atoms with Crippen LogP contribution in [0.3, 0.4) is 0 Å². The zero-order chi connectivity index (χ0) is 9.52. The number of allylic oxidation sites excluding steroid dienone is 4. The highest BCUT2D eigenvalue weighted by Crippen LogP contribution is 2.02. The fourth-order valence-electron chi connectivity index (χ4n) is 0.795. The minimum absolute atomic E-state index is 0.244.